The fraction of sp³-hybridized carbons (Fsp3) is 0.286. The van der Waals surface area contributed by atoms with Crippen LogP contribution in [0, 0.1) is 26.6 Å². The predicted molar refractivity (Wildman–Crippen MR) is 68.9 cm³/mol. The van der Waals surface area contributed by atoms with Crippen LogP contribution in [0.1, 0.15) is 32.9 Å². The van der Waals surface area contributed by atoms with E-state index in [1.165, 1.54) is 12.1 Å². The summed E-state index contributed by atoms with van der Waals surface area (Å²) in [4.78, 5) is 11.1. The van der Waals surface area contributed by atoms with Gasteiger partial charge in [-0.2, -0.15) is 5.10 Å². The lowest BCUT2D eigenvalue weighted by atomic mass is 10.1. The number of aryl methyl sites for hydroxylation is 2. The minimum atomic E-state index is -0.989. The molecule has 0 fully saturated rings. The van der Waals surface area contributed by atoms with Crippen LogP contribution < -0.4 is 0 Å². The summed E-state index contributed by atoms with van der Waals surface area (Å²) < 4.78 is 14.8. The monoisotopic (exact) mass is 262 g/mol. The van der Waals surface area contributed by atoms with Crippen LogP contribution in [0.4, 0.5) is 4.39 Å². The summed E-state index contributed by atoms with van der Waals surface area (Å²) in [6.45, 7) is 5.62. The number of aromatic carboxylic acids is 1. The molecule has 0 spiro atoms. The Kier molecular flexibility index (Phi) is 3.38. The Bertz CT molecular complexity index is 647. The van der Waals surface area contributed by atoms with Crippen molar-refractivity contribution in [1.29, 1.82) is 0 Å². The Morgan fingerprint density at radius 3 is 2.63 bits per heavy atom. The first-order chi connectivity index (χ1) is 8.90. The fourth-order valence-electron chi connectivity index (χ4n) is 2.13. The molecular weight excluding hydrogens is 247 g/mol. The minimum Gasteiger partial charge on any atom is -0.478 e. The van der Waals surface area contributed by atoms with Gasteiger partial charge < -0.3 is 5.11 Å². The summed E-state index contributed by atoms with van der Waals surface area (Å²) in [5.74, 6) is -1.29. The number of hydrogen-bond acceptors (Lipinski definition) is 2. The molecule has 0 bridgehead atoms. The molecule has 19 heavy (non-hydrogen) atoms. The molecule has 0 radical (unpaired) electrons. The van der Waals surface area contributed by atoms with Gasteiger partial charge in [0.25, 0.3) is 0 Å². The van der Waals surface area contributed by atoms with Gasteiger partial charge in [-0.1, -0.05) is 6.07 Å². The molecule has 0 aliphatic carbocycles. The number of rotatable bonds is 3. The summed E-state index contributed by atoms with van der Waals surface area (Å²) >= 11 is 0. The molecule has 100 valence electrons. The average molecular weight is 262 g/mol. The van der Waals surface area contributed by atoms with E-state index >= 15 is 0 Å². The van der Waals surface area contributed by atoms with Crippen molar-refractivity contribution in [2.24, 2.45) is 0 Å². The van der Waals surface area contributed by atoms with Crippen LogP contribution in [-0.4, -0.2) is 20.9 Å². The summed E-state index contributed by atoms with van der Waals surface area (Å²) in [5.41, 5.74) is 3.01. The highest BCUT2D eigenvalue weighted by molar-refractivity contribution is 5.90. The number of carboxylic acid groups (broad SMARTS) is 1. The van der Waals surface area contributed by atoms with Crippen LogP contribution in [-0.2, 0) is 6.54 Å². The molecule has 2 aromatic rings. The van der Waals surface area contributed by atoms with Crippen LogP contribution in [0.25, 0.3) is 0 Å². The van der Waals surface area contributed by atoms with Crippen LogP contribution in [0.2, 0.25) is 0 Å². The fourth-order valence-corrected chi connectivity index (χ4v) is 2.13. The van der Waals surface area contributed by atoms with Crippen LogP contribution >= 0.6 is 0 Å². The zero-order valence-electron chi connectivity index (χ0n) is 11.1. The average Bonchev–Trinajstić information content (AvgIpc) is 2.59. The SMILES string of the molecule is Cc1ccc(F)cc1Cn1nc(C)c(C(=O)O)c1C. The molecule has 1 heterocycles. The largest absolute Gasteiger partial charge is 0.478 e. The number of nitrogens with zero attached hydrogens (tertiary/aromatic N) is 2. The second kappa shape index (κ2) is 4.84. The summed E-state index contributed by atoms with van der Waals surface area (Å²) in [6, 6.07) is 4.56. The number of halogens is 1. The highest BCUT2D eigenvalue weighted by atomic mass is 19.1. The van der Waals surface area contributed by atoms with E-state index in [0.717, 1.165) is 11.1 Å². The molecule has 0 saturated carbocycles. The molecule has 1 aromatic carbocycles. The molecule has 0 atom stereocenters. The molecule has 0 aliphatic rings. The smallest absolute Gasteiger partial charge is 0.339 e. The van der Waals surface area contributed by atoms with Crippen molar-refractivity contribution in [3.8, 4) is 0 Å². The number of benzene rings is 1. The molecule has 5 heteroatoms. The topological polar surface area (TPSA) is 55.1 Å². The standard InChI is InChI=1S/C14H15FN2O2/c1-8-4-5-12(15)6-11(8)7-17-10(3)13(14(18)19)9(2)16-17/h4-6H,7H2,1-3H3,(H,18,19). The molecule has 4 nitrogen and oxygen atoms in total. The first-order valence-electron chi connectivity index (χ1n) is 5.92. The van der Waals surface area contributed by atoms with E-state index < -0.39 is 5.97 Å². The van der Waals surface area contributed by atoms with Gasteiger partial charge in [0.2, 0.25) is 0 Å². The maximum atomic E-state index is 13.2. The van der Waals surface area contributed by atoms with E-state index in [-0.39, 0.29) is 11.4 Å². The molecular formula is C14H15FN2O2. The van der Waals surface area contributed by atoms with Crippen molar-refractivity contribution >= 4 is 5.97 Å². The first kappa shape index (κ1) is 13.3. The van der Waals surface area contributed by atoms with Gasteiger partial charge in [0.05, 0.1) is 17.9 Å². The molecule has 0 unspecified atom stereocenters. The lowest BCUT2D eigenvalue weighted by Crippen LogP contribution is -2.07. The van der Waals surface area contributed by atoms with Gasteiger partial charge in [0.15, 0.2) is 0 Å². The molecule has 2 rings (SSSR count). The van der Waals surface area contributed by atoms with Crippen LogP contribution in [0.5, 0.6) is 0 Å². The Labute approximate surface area is 110 Å². The van der Waals surface area contributed by atoms with E-state index in [0.29, 0.717) is 17.9 Å². The molecule has 1 aromatic heterocycles. The number of aromatic nitrogens is 2. The Morgan fingerprint density at radius 1 is 1.37 bits per heavy atom. The Balaban J connectivity index is 2.42. The number of carboxylic acids is 1. The summed E-state index contributed by atoms with van der Waals surface area (Å²) in [6.07, 6.45) is 0. The molecule has 0 saturated heterocycles. The minimum absolute atomic E-state index is 0.217. The van der Waals surface area contributed by atoms with E-state index in [9.17, 15) is 9.18 Å². The van der Waals surface area contributed by atoms with E-state index in [2.05, 4.69) is 5.10 Å². The van der Waals surface area contributed by atoms with Crippen molar-refractivity contribution in [2.75, 3.05) is 0 Å². The van der Waals surface area contributed by atoms with Crippen LogP contribution in [0.3, 0.4) is 0 Å². The van der Waals surface area contributed by atoms with E-state index in [1.807, 2.05) is 6.92 Å². The zero-order chi connectivity index (χ0) is 14.2. The van der Waals surface area contributed by atoms with E-state index in [4.69, 9.17) is 5.11 Å². The van der Waals surface area contributed by atoms with Crippen molar-refractivity contribution < 1.29 is 14.3 Å². The van der Waals surface area contributed by atoms with Crippen molar-refractivity contribution in [1.82, 2.24) is 9.78 Å². The van der Waals surface area contributed by atoms with Gasteiger partial charge in [0, 0.05) is 0 Å². The third-order valence-corrected chi connectivity index (χ3v) is 3.23. The van der Waals surface area contributed by atoms with E-state index in [1.54, 1.807) is 24.6 Å². The second-order valence-corrected chi connectivity index (χ2v) is 4.58. The molecule has 0 amide bonds. The lowest BCUT2D eigenvalue weighted by molar-refractivity contribution is 0.0695. The van der Waals surface area contributed by atoms with Gasteiger partial charge in [-0.05, 0) is 44.0 Å². The summed E-state index contributed by atoms with van der Waals surface area (Å²) in [5, 5.41) is 13.3. The van der Waals surface area contributed by atoms with Gasteiger partial charge in [-0.15, -0.1) is 0 Å². The summed E-state index contributed by atoms with van der Waals surface area (Å²) in [7, 11) is 0. The molecule has 0 aliphatic heterocycles. The quantitative estimate of drug-likeness (QED) is 0.925. The number of carbonyl (C=O) groups is 1. The maximum absolute atomic E-state index is 13.2. The third-order valence-electron chi connectivity index (χ3n) is 3.23. The Hall–Kier alpha value is -2.17. The molecule has 1 N–H and O–H groups in total. The van der Waals surface area contributed by atoms with Gasteiger partial charge >= 0.3 is 5.97 Å². The Morgan fingerprint density at radius 2 is 2.05 bits per heavy atom. The normalized spacial score (nSPS) is 10.7. The lowest BCUT2D eigenvalue weighted by Gasteiger charge is -2.08. The predicted octanol–water partition coefficient (Wildman–Crippen LogP) is 2.69. The third kappa shape index (κ3) is 2.50. The van der Waals surface area contributed by atoms with Gasteiger partial charge in [-0.25, -0.2) is 9.18 Å². The van der Waals surface area contributed by atoms with Crippen molar-refractivity contribution in [2.45, 2.75) is 27.3 Å². The zero-order valence-corrected chi connectivity index (χ0v) is 11.1. The highest BCUT2D eigenvalue weighted by Crippen LogP contribution is 2.17. The van der Waals surface area contributed by atoms with Gasteiger partial charge in [-0.3, -0.25) is 4.68 Å². The van der Waals surface area contributed by atoms with Gasteiger partial charge in [0.1, 0.15) is 11.4 Å². The highest BCUT2D eigenvalue weighted by Gasteiger charge is 2.18. The first-order valence-corrected chi connectivity index (χ1v) is 5.92. The van der Waals surface area contributed by atoms with Crippen molar-refractivity contribution in [3.05, 3.63) is 52.1 Å². The van der Waals surface area contributed by atoms with Crippen molar-refractivity contribution in [3.63, 3.8) is 0 Å². The number of hydrogen-bond donors (Lipinski definition) is 1. The maximum Gasteiger partial charge on any atom is 0.339 e. The second-order valence-electron chi connectivity index (χ2n) is 4.58. The van der Waals surface area contributed by atoms with Crippen LogP contribution in [0.15, 0.2) is 18.2 Å².